The first-order valence-electron chi connectivity index (χ1n) is 4.08. The first-order valence-corrected chi connectivity index (χ1v) is 4.08. The van der Waals surface area contributed by atoms with Gasteiger partial charge in [0.25, 0.3) is 0 Å². The SMILES string of the molecule is CC(C)CC(C)(N)c1ncon1. The summed E-state index contributed by atoms with van der Waals surface area (Å²) in [6, 6.07) is 0. The highest BCUT2D eigenvalue weighted by atomic mass is 16.5. The van der Waals surface area contributed by atoms with Crippen LogP contribution in [-0.4, -0.2) is 10.1 Å². The highest BCUT2D eigenvalue weighted by Crippen LogP contribution is 2.21. The molecule has 1 unspecified atom stereocenters. The van der Waals surface area contributed by atoms with Crippen LogP contribution in [0.5, 0.6) is 0 Å². The fourth-order valence-corrected chi connectivity index (χ4v) is 1.36. The second-order valence-corrected chi connectivity index (χ2v) is 3.77. The Kier molecular flexibility index (Phi) is 2.47. The van der Waals surface area contributed by atoms with Gasteiger partial charge >= 0.3 is 0 Å². The van der Waals surface area contributed by atoms with Gasteiger partial charge in [0.2, 0.25) is 6.39 Å². The van der Waals surface area contributed by atoms with E-state index in [0.717, 1.165) is 6.42 Å². The number of nitrogens with zero attached hydrogens (tertiary/aromatic N) is 2. The van der Waals surface area contributed by atoms with Crippen LogP contribution in [0.25, 0.3) is 0 Å². The summed E-state index contributed by atoms with van der Waals surface area (Å²) in [6.45, 7) is 6.15. The monoisotopic (exact) mass is 169 g/mol. The Morgan fingerprint density at radius 3 is 2.75 bits per heavy atom. The van der Waals surface area contributed by atoms with Crippen molar-refractivity contribution in [2.24, 2.45) is 11.7 Å². The van der Waals surface area contributed by atoms with Crippen molar-refractivity contribution in [2.75, 3.05) is 0 Å². The standard InChI is InChI=1S/C8H15N3O/c1-6(2)4-8(3,9)7-10-5-12-11-7/h5-6H,4,9H2,1-3H3. The summed E-state index contributed by atoms with van der Waals surface area (Å²) in [5.74, 6) is 1.11. The van der Waals surface area contributed by atoms with Crippen molar-refractivity contribution in [1.29, 1.82) is 0 Å². The van der Waals surface area contributed by atoms with Crippen LogP contribution < -0.4 is 5.73 Å². The largest absolute Gasteiger partial charge is 0.343 e. The molecule has 4 heteroatoms. The average Bonchev–Trinajstić information content (AvgIpc) is 2.32. The highest BCUT2D eigenvalue weighted by molar-refractivity contribution is 4.98. The van der Waals surface area contributed by atoms with Crippen molar-refractivity contribution in [2.45, 2.75) is 32.7 Å². The van der Waals surface area contributed by atoms with Gasteiger partial charge < -0.3 is 10.3 Å². The minimum absolute atomic E-state index is 0.471. The van der Waals surface area contributed by atoms with E-state index in [0.29, 0.717) is 11.7 Å². The number of hydrogen-bond donors (Lipinski definition) is 1. The number of nitrogens with two attached hydrogens (primary N) is 1. The molecule has 0 amide bonds. The zero-order valence-electron chi connectivity index (χ0n) is 7.74. The van der Waals surface area contributed by atoms with Gasteiger partial charge in [-0.25, -0.2) is 0 Å². The lowest BCUT2D eigenvalue weighted by molar-refractivity contribution is 0.335. The topological polar surface area (TPSA) is 64.9 Å². The van der Waals surface area contributed by atoms with Crippen molar-refractivity contribution >= 4 is 0 Å². The van der Waals surface area contributed by atoms with E-state index in [4.69, 9.17) is 5.73 Å². The lowest BCUT2D eigenvalue weighted by Gasteiger charge is -2.22. The summed E-state index contributed by atoms with van der Waals surface area (Å²) < 4.78 is 4.64. The smallest absolute Gasteiger partial charge is 0.213 e. The van der Waals surface area contributed by atoms with Crippen LogP contribution in [0.15, 0.2) is 10.9 Å². The predicted molar refractivity (Wildman–Crippen MR) is 45.3 cm³/mol. The Balaban J connectivity index is 2.72. The zero-order valence-corrected chi connectivity index (χ0v) is 7.74. The summed E-state index contributed by atoms with van der Waals surface area (Å²) in [5, 5.41) is 3.73. The van der Waals surface area contributed by atoms with Crippen LogP contribution in [0, 0.1) is 5.92 Å². The third kappa shape index (κ3) is 2.04. The zero-order chi connectivity index (χ0) is 9.19. The summed E-state index contributed by atoms with van der Waals surface area (Å²) in [7, 11) is 0. The Morgan fingerprint density at radius 1 is 1.67 bits per heavy atom. The second kappa shape index (κ2) is 3.23. The Labute approximate surface area is 72.1 Å². The molecule has 1 aromatic rings. The summed E-state index contributed by atoms with van der Waals surface area (Å²) in [5.41, 5.74) is 5.53. The molecule has 2 N–H and O–H groups in total. The van der Waals surface area contributed by atoms with E-state index in [-0.39, 0.29) is 0 Å². The first kappa shape index (κ1) is 9.19. The van der Waals surface area contributed by atoms with E-state index in [1.165, 1.54) is 6.39 Å². The molecule has 0 aliphatic carbocycles. The molecule has 0 saturated carbocycles. The average molecular weight is 169 g/mol. The van der Waals surface area contributed by atoms with Gasteiger partial charge in [0.1, 0.15) is 0 Å². The van der Waals surface area contributed by atoms with Crippen LogP contribution in [-0.2, 0) is 5.54 Å². The number of hydrogen-bond acceptors (Lipinski definition) is 4. The molecule has 0 fully saturated rings. The van der Waals surface area contributed by atoms with E-state index in [1.54, 1.807) is 0 Å². The van der Waals surface area contributed by atoms with Gasteiger partial charge in [0.05, 0.1) is 5.54 Å². The third-order valence-electron chi connectivity index (χ3n) is 1.70. The normalized spacial score (nSPS) is 16.4. The molecule has 68 valence electrons. The van der Waals surface area contributed by atoms with Crippen LogP contribution >= 0.6 is 0 Å². The fourth-order valence-electron chi connectivity index (χ4n) is 1.36. The maximum Gasteiger partial charge on any atom is 0.213 e. The first-order chi connectivity index (χ1) is 5.52. The molecule has 0 radical (unpaired) electrons. The molecule has 0 bridgehead atoms. The fraction of sp³-hybridized carbons (Fsp3) is 0.750. The highest BCUT2D eigenvalue weighted by Gasteiger charge is 2.26. The Bertz CT molecular complexity index is 228. The van der Waals surface area contributed by atoms with Gasteiger partial charge in [-0.2, -0.15) is 4.98 Å². The van der Waals surface area contributed by atoms with Gasteiger partial charge in [-0.1, -0.05) is 19.0 Å². The van der Waals surface area contributed by atoms with Gasteiger partial charge in [0.15, 0.2) is 5.82 Å². The molecule has 12 heavy (non-hydrogen) atoms. The lowest BCUT2D eigenvalue weighted by atomic mass is 9.91. The molecule has 0 spiro atoms. The molecular formula is C8H15N3O. The molecule has 0 aliphatic heterocycles. The van der Waals surface area contributed by atoms with Crippen molar-refractivity contribution in [1.82, 2.24) is 10.1 Å². The van der Waals surface area contributed by atoms with Crippen molar-refractivity contribution in [3.63, 3.8) is 0 Å². The van der Waals surface area contributed by atoms with Crippen molar-refractivity contribution in [3.05, 3.63) is 12.2 Å². The summed E-state index contributed by atoms with van der Waals surface area (Å²) in [4.78, 5) is 3.94. The molecule has 0 aliphatic rings. The van der Waals surface area contributed by atoms with Crippen LogP contribution in [0.4, 0.5) is 0 Å². The van der Waals surface area contributed by atoms with Gasteiger partial charge in [-0.05, 0) is 19.3 Å². The number of rotatable bonds is 3. The molecule has 0 aromatic carbocycles. The molecule has 1 aromatic heterocycles. The van der Waals surface area contributed by atoms with E-state index < -0.39 is 5.54 Å². The third-order valence-corrected chi connectivity index (χ3v) is 1.70. The molecular weight excluding hydrogens is 154 g/mol. The minimum Gasteiger partial charge on any atom is -0.343 e. The van der Waals surface area contributed by atoms with E-state index >= 15 is 0 Å². The molecule has 0 saturated heterocycles. The maximum absolute atomic E-state index is 6.00. The van der Waals surface area contributed by atoms with E-state index in [2.05, 4.69) is 28.5 Å². The van der Waals surface area contributed by atoms with Crippen LogP contribution in [0.3, 0.4) is 0 Å². The minimum atomic E-state index is -0.471. The Hall–Kier alpha value is -0.900. The number of aromatic nitrogens is 2. The van der Waals surface area contributed by atoms with Crippen LogP contribution in [0.1, 0.15) is 33.0 Å². The van der Waals surface area contributed by atoms with Gasteiger partial charge in [-0.15, -0.1) is 0 Å². The summed E-state index contributed by atoms with van der Waals surface area (Å²) in [6.07, 6.45) is 2.16. The molecule has 1 atom stereocenters. The Morgan fingerprint density at radius 2 is 2.33 bits per heavy atom. The predicted octanol–water partition coefficient (Wildman–Crippen LogP) is 1.29. The molecule has 1 rings (SSSR count). The van der Waals surface area contributed by atoms with E-state index in [9.17, 15) is 0 Å². The van der Waals surface area contributed by atoms with E-state index in [1.807, 2.05) is 6.92 Å². The summed E-state index contributed by atoms with van der Waals surface area (Å²) >= 11 is 0. The molecule has 1 heterocycles. The van der Waals surface area contributed by atoms with Gasteiger partial charge in [-0.3, -0.25) is 0 Å². The maximum atomic E-state index is 6.00. The van der Waals surface area contributed by atoms with Crippen molar-refractivity contribution < 1.29 is 4.52 Å². The van der Waals surface area contributed by atoms with Crippen LogP contribution in [0.2, 0.25) is 0 Å². The quantitative estimate of drug-likeness (QED) is 0.740. The second-order valence-electron chi connectivity index (χ2n) is 3.77. The van der Waals surface area contributed by atoms with Gasteiger partial charge in [0, 0.05) is 0 Å². The molecule has 4 nitrogen and oxygen atoms in total. The van der Waals surface area contributed by atoms with Crippen molar-refractivity contribution in [3.8, 4) is 0 Å². The lowest BCUT2D eigenvalue weighted by Crippen LogP contribution is -2.35.